The van der Waals surface area contributed by atoms with Gasteiger partial charge in [0, 0.05) is 15.3 Å². The maximum absolute atomic E-state index is 11.8. The first-order valence-corrected chi connectivity index (χ1v) is 7.47. The molecule has 4 heteroatoms. The first kappa shape index (κ1) is 12.5. The number of thiophene rings is 1. The van der Waals surface area contributed by atoms with E-state index >= 15 is 0 Å². The van der Waals surface area contributed by atoms with Crippen LogP contribution in [0, 0.1) is 5.92 Å². The molecule has 3 nitrogen and oxygen atoms in total. The van der Waals surface area contributed by atoms with Gasteiger partial charge in [-0.05, 0) is 55.3 Å². The first-order chi connectivity index (χ1) is 9.19. The molecule has 1 aliphatic rings. The van der Waals surface area contributed by atoms with Crippen LogP contribution in [0.5, 0.6) is 0 Å². The van der Waals surface area contributed by atoms with Gasteiger partial charge in [0.15, 0.2) is 0 Å². The fourth-order valence-electron chi connectivity index (χ4n) is 2.76. The zero-order valence-corrected chi connectivity index (χ0v) is 11.8. The van der Waals surface area contributed by atoms with E-state index in [0.717, 1.165) is 24.9 Å². The number of carbonyl (C=O) groups is 1. The van der Waals surface area contributed by atoms with E-state index in [9.17, 15) is 4.79 Å². The van der Waals surface area contributed by atoms with Crippen LogP contribution in [0.25, 0.3) is 10.1 Å². The minimum atomic E-state index is -0.0508. The van der Waals surface area contributed by atoms with Crippen molar-refractivity contribution in [1.29, 1.82) is 0 Å². The van der Waals surface area contributed by atoms with Crippen LogP contribution < -0.4 is 5.73 Å². The Balaban J connectivity index is 1.93. The molecule has 0 spiro atoms. The number of aryl methyl sites for hydroxylation is 1. The Morgan fingerprint density at radius 2 is 2.37 bits per heavy atom. The molecule has 2 aromatic rings. The van der Waals surface area contributed by atoms with Crippen LogP contribution in [0.1, 0.15) is 23.8 Å². The molecule has 0 amide bonds. The fourth-order valence-corrected chi connectivity index (χ4v) is 4.07. The lowest BCUT2D eigenvalue weighted by atomic mass is 9.87. The molecule has 0 fully saturated rings. The van der Waals surface area contributed by atoms with E-state index in [1.165, 1.54) is 20.5 Å². The number of ether oxygens (including phenoxy) is 1. The summed E-state index contributed by atoms with van der Waals surface area (Å²) in [5.41, 5.74) is 8.05. The molecule has 1 unspecified atom stereocenters. The van der Waals surface area contributed by atoms with Crippen molar-refractivity contribution in [2.24, 2.45) is 5.92 Å². The van der Waals surface area contributed by atoms with Crippen molar-refractivity contribution in [3.63, 3.8) is 0 Å². The van der Waals surface area contributed by atoms with E-state index in [-0.39, 0.29) is 11.9 Å². The third kappa shape index (κ3) is 2.21. The van der Waals surface area contributed by atoms with E-state index < -0.39 is 0 Å². The second-order valence-corrected chi connectivity index (χ2v) is 6.09. The minimum Gasteiger partial charge on any atom is -0.466 e. The lowest BCUT2D eigenvalue weighted by molar-refractivity contribution is -0.148. The summed E-state index contributed by atoms with van der Waals surface area (Å²) in [6.07, 6.45) is 2.64. The highest BCUT2D eigenvalue weighted by molar-refractivity contribution is 7.19. The van der Waals surface area contributed by atoms with Gasteiger partial charge in [-0.25, -0.2) is 0 Å². The van der Waals surface area contributed by atoms with Crippen molar-refractivity contribution >= 4 is 33.1 Å². The summed E-state index contributed by atoms with van der Waals surface area (Å²) in [6.45, 7) is 2.32. The molecule has 100 valence electrons. The van der Waals surface area contributed by atoms with Gasteiger partial charge >= 0.3 is 5.97 Å². The van der Waals surface area contributed by atoms with Crippen LogP contribution in [0.4, 0.5) is 5.69 Å². The van der Waals surface area contributed by atoms with Gasteiger partial charge in [-0.15, -0.1) is 11.3 Å². The van der Waals surface area contributed by atoms with Gasteiger partial charge < -0.3 is 10.5 Å². The Labute approximate surface area is 116 Å². The number of benzene rings is 1. The van der Waals surface area contributed by atoms with E-state index in [1.807, 2.05) is 13.0 Å². The van der Waals surface area contributed by atoms with Crippen molar-refractivity contribution in [3.05, 3.63) is 28.6 Å². The molecule has 3 rings (SSSR count). The van der Waals surface area contributed by atoms with Crippen LogP contribution in [-0.4, -0.2) is 12.6 Å². The van der Waals surface area contributed by atoms with Gasteiger partial charge in [0.25, 0.3) is 0 Å². The van der Waals surface area contributed by atoms with Crippen molar-refractivity contribution in [2.45, 2.75) is 26.2 Å². The minimum absolute atomic E-state index is 0.0258. The van der Waals surface area contributed by atoms with Gasteiger partial charge in [-0.1, -0.05) is 0 Å². The Morgan fingerprint density at radius 3 is 3.16 bits per heavy atom. The summed E-state index contributed by atoms with van der Waals surface area (Å²) in [6, 6.07) is 6.06. The molecule has 1 aliphatic carbocycles. The third-order valence-electron chi connectivity index (χ3n) is 3.69. The molecule has 0 aliphatic heterocycles. The van der Waals surface area contributed by atoms with Crippen LogP contribution in [-0.2, 0) is 22.4 Å². The second-order valence-electron chi connectivity index (χ2n) is 4.95. The number of carbonyl (C=O) groups excluding carboxylic acids is 1. The molecule has 0 bridgehead atoms. The summed E-state index contributed by atoms with van der Waals surface area (Å²) in [5.74, 6) is -0.0250. The van der Waals surface area contributed by atoms with Crippen LogP contribution in [0.2, 0.25) is 0 Å². The lowest BCUT2D eigenvalue weighted by Crippen LogP contribution is -2.23. The highest BCUT2D eigenvalue weighted by atomic mass is 32.1. The van der Waals surface area contributed by atoms with Crippen LogP contribution in [0.15, 0.2) is 18.2 Å². The average molecular weight is 275 g/mol. The zero-order chi connectivity index (χ0) is 13.4. The maximum Gasteiger partial charge on any atom is 0.309 e. The second kappa shape index (κ2) is 4.85. The predicted octanol–water partition coefficient (Wildman–Crippen LogP) is 3.15. The Morgan fingerprint density at radius 1 is 1.53 bits per heavy atom. The van der Waals surface area contributed by atoms with Crippen molar-refractivity contribution in [2.75, 3.05) is 12.3 Å². The molecule has 1 atom stereocenters. The third-order valence-corrected chi connectivity index (χ3v) is 4.93. The molecule has 1 aromatic carbocycles. The van der Waals surface area contributed by atoms with E-state index in [4.69, 9.17) is 10.5 Å². The van der Waals surface area contributed by atoms with Gasteiger partial charge in [0.2, 0.25) is 0 Å². The predicted molar refractivity (Wildman–Crippen MR) is 78.4 cm³/mol. The SMILES string of the molecule is CCOC(=O)C1CCc2c(sc3ccc(N)cc23)C1. The molecular weight excluding hydrogens is 258 g/mol. The Hall–Kier alpha value is -1.55. The molecule has 0 saturated heterocycles. The highest BCUT2D eigenvalue weighted by Crippen LogP contribution is 2.39. The average Bonchev–Trinajstić information content (AvgIpc) is 2.76. The summed E-state index contributed by atoms with van der Waals surface area (Å²) in [4.78, 5) is 13.2. The number of hydrogen-bond acceptors (Lipinski definition) is 4. The Bertz CT molecular complexity index is 632. The molecule has 0 saturated carbocycles. The molecular formula is C15H17NO2S. The van der Waals surface area contributed by atoms with Crippen LogP contribution in [0.3, 0.4) is 0 Å². The monoisotopic (exact) mass is 275 g/mol. The molecule has 1 aromatic heterocycles. The number of hydrogen-bond donors (Lipinski definition) is 1. The van der Waals surface area contributed by atoms with Crippen molar-refractivity contribution < 1.29 is 9.53 Å². The maximum atomic E-state index is 11.8. The highest BCUT2D eigenvalue weighted by Gasteiger charge is 2.28. The normalized spacial score (nSPS) is 18.3. The fraction of sp³-hybridized carbons (Fsp3) is 0.400. The van der Waals surface area contributed by atoms with Crippen molar-refractivity contribution in [3.8, 4) is 0 Å². The number of rotatable bonds is 2. The molecule has 2 N–H and O–H groups in total. The van der Waals surface area contributed by atoms with Gasteiger partial charge in [0.1, 0.15) is 0 Å². The Kier molecular flexibility index (Phi) is 3.19. The van der Waals surface area contributed by atoms with Gasteiger partial charge in [-0.3, -0.25) is 4.79 Å². The number of esters is 1. The topological polar surface area (TPSA) is 52.3 Å². The number of anilines is 1. The standard InChI is InChI=1S/C15H17NO2S/c1-2-18-15(17)9-3-5-11-12-8-10(16)4-6-13(12)19-14(11)7-9/h4,6,8-9H,2-3,5,7,16H2,1H3. The quantitative estimate of drug-likeness (QED) is 0.676. The van der Waals surface area contributed by atoms with E-state index in [0.29, 0.717) is 6.61 Å². The molecule has 1 heterocycles. The molecule has 0 radical (unpaired) electrons. The number of fused-ring (bicyclic) bond motifs is 3. The van der Waals surface area contributed by atoms with Crippen LogP contribution >= 0.6 is 11.3 Å². The molecule has 19 heavy (non-hydrogen) atoms. The number of nitrogens with two attached hydrogens (primary N) is 1. The van der Waals surface area contributed by atoms with Crippen molar-refractivity contribution in [1.82, 2.24) is 0 Å². The summed E-state index contributed by atoms with van der Waals surface area (Å²) >= 11 is 1.78. The summed E-state index contributed by atoms with van der Waals surface area (Å²) < 4.78 is 6.40. The zero-order valence-electron chi connectivity index (χ0n) is 10.9. The van der Waals surface area contributed by atoms with E-state index in [1.54, 1.807) is 11.3 Å². The smallest absolute Gasteiger partial charge is 0.309 e. The van der Waals surface area contributed by atoms with Gasteiger partial charge in [0.05, 0.1) is 12.5 Å². The van der Waals surface area contributed by atoms with E-state index in [2.05, 4.69) is 12.1 Å². The summed E-state index contributed by atoms with van der Waals surface area (Å²) in [7, 11) is 0. The number of nitrogen functional groups attached to an aromatic ring is 1. The summed E-state index contributed by atoms with van der Waals surface area (Å²) in [5, 5.41) is 1.27. The largest absolute Gasteiger partial charge is 0.466 e. The van der Waals surface area contributed by atoms with Gasteiger partial charge in [-0.2, -0.15) is 0 Å². The lowest BCUT2D eigenvalue weighted by Gasteiger charge is -2.20. The first-order valence-electron chi connectivity index (χ1n) is 6.65.